The Bertz CT molecular complexity index is 220. The Morgan fingerprint density at radius 3 is 2.60 bits per heavy atom. The van der Waals surface area contributed by atoms with Crippen LogP contribution < -0.4 is 11.3 Å². The number of nitrogens with two attached hydrogens (primary N) is 1. The molecule has 1 amide bonds. The predicted molar refractivity (Wildman–Crippen MR) is 61.0 cm³/mol. The minimum absolute atomic E-state index is 0.102. The van der Waals surface area contributed by atoms with E-state index in [0.29, 0.717) is 12.0 Å². The molecule has 3 unspecified atom stereocenters. The standard InChI is InChI=1S/C11H23N3O/c1-8-6-4-5-7-10(8)14(3)9(2)11(15)13-12/h8-10H,4-7,12H2,1-3H3,(H,13,15). The van der Waals surface area contributed by atoms with Crippen LogP contribution in [0.4, 0.5) is 0 Å². The van der Waals surface area contributed by atoms with Crippen LogP contribution in [-0.4, -0.2) is 29.9 Å². The maximum absolute atomic E-state index is 11.4. The molecule has 0 saturated heterocycles. The third kappa shape index (κ3) is 2.92. The van der Waals surface area contributed by atoms with Crippen LogP contribution >= 0.6 is 0 Å². The maximum Gasteiger partial charge on any atom is 0.250 e. The van der Waals surface area contributed by atoms with E-state index in [4.69, 9.17) is 5.84 Å². The minimum atomic E-state index is -0.138. The highest BCUT2D eigenvalue weighted by molar-refractivity contribution is 5.80. The van der Waals surface area contributed by atoms with E-state index >= 15 is 0 Å². The first kappa shape index (κ1) is 12.5. The highest BCUT2D eigenvalue weighted by atomic mass is 16.2. The number of carbonyl (C=O) groups is 1. The van der Waals surface area contributed by atoms with Crippen LogP contribution in [0.5, 0.6) is 0 Å². The molecule has 1 saturated carbocycles. The van der Waals surface area contributed by atoms with Gasteiger partial charge in [0.1, 0.15) is 0 Å². The smallest absolute Gasteiger partial charge is 0.250 e. The molecule has 0 aliphatic heterocycles. The number of hydrogen-bond acceptors (Lipinski definition) is 3. The van der Waals surface area contributed by atoms with Gasteiger partial charge >= 0.3 is 0 Å². The highest BCUT2D eigenvalue weighted by Crippen LogP contribution is 2.28. The van der Waals surface area contributed by atoms with E-state index in [-0.39, 0.29) is 11.9 Å². The molecule has 1 aliphatic carbocycles. The van der Waals surface area contributed by atoms with Gasteiger partial charge in [-0.1, -0.05) is 19.8 Å². The van der Waals surface area contributed by atoms with E-state index in [9.17, 15) is 4.79 Å². The molecule has 1 rings (SSSR count). The van der Waals surface area contributed by atoms with Gasteiger partial charge in [0.15, 0.2) is 0 Å². The quantitative estimate of drug-likeness (QED) is 0.415. The summed E-state index contributed by atoms with van der Waals surface area (Å²) in [5, 5.41) is 0. The first-order chi connectivity index (χ1) is 7.07. The molecular weight excluding hydrogens is 190 g/mol. The molecule has 15 heavy (non-hydrogen) atoms. The summed E-state index contributed by atoms with van der Waals surface area (Å²) in [6.07, 6.45) is 5.06. The van der Waals surface area contributed by atoms with Crippen molar-refractivity contribution < 1.29 is 4.79 Å². The largest absolute Gasteiger partial charge is 0.293 e. The maximum atomic E-state index is 11.4. The van der Waals surface area contributed by atoms with Crippen molar-refractivity contribution in [3.05, 3.63) is 0 Å². The van der Waals surface area contributed by atoms with Gasteiger partial charge in [0, 0.05) is 6.04 Å². The van der Waals surface area contributed by atoms with Gasteiger partial charge in [0.25, 0.3) is 5.91 Å². The van der Waals surface area contributed by atoms with Crippen molar-refractivity contribution in [3.63, 3.8) is 0 Å². The Morgan fingerprint density at radius 1 is 1.47 bits per heavy atom. The number of likely N-dealkylation sites (N-methyl/N-ethyl adjacent to an activating group) is 1. The summed E-state index contributed by atoms with van der Waals surface area (Å²) in [5.41, 5.74) is 2.22. The molecule has 88 valence electrons. The van der Waals surface area contributed by atoms with Crippen LogP contribution in [0, 0.1) is 5.92 Å². The van der Waals surface area contributed by atoms with Gasteiger partial charge in [-0.05, 0) is 32.7 Å². The van der Waals surface area contributed by atoms with E-state index < -0.39 is 0 Å². The molecule has 0 bridgehead atoms. The molecule has 4 nitrogen and oxygen atoms in total. The van der Waals surface area contributed by atoms with Crippen LogP contribution in [0.3, 0.4) is 0 Å². The Hall–Kier alpha value is -0.610. The zero-order valence-electron chi connectivity index (χ0n) is 9.99. The van der Waals surface area contributed by atoms with E-state index in [1.165, 1.54) is 25.7 Å². The summed E-state index contributed by atoms with van der Waals surface area (Å²) in [7, 11) is 2.02. The fourth-order valence-corrected chi connectivity index (χ4v) is 2.49. The monoisotopic (exact) mass is 213 g/mol. The van der Waals surface area contributed by atoms with Crippen LogP contribution in [0.15, 0.2) is 0 Å². The average molecular weight is 213 g/mol. The van der Waals surface area contributed by atoms with E-state index in [2.05, 4.69) is 17.2 Å². The molecule has 0 spiro atoms. The summed E-state index contributed by atoms with van der Waals surface area (Å²) >= 11 is 0. The van der Waals surface area contributed by atoms with E-state index in [1.807, 2.05) is 14.0 Å². The van der Waals surface area contributed by atoms with Crippen molar-refractivity contribution in [2.75, 3.05) is 7.05 Å². The van der Waals surface area contributed by atoms with Crippen molar-refractivity contribution in [2.24, 2.45) is 11.8 Å². The zero-order chi connectivity index (χ0) is 11.4. The van der Waals surface area contributed by atoms with Crippen LogP contribution in [0.25, 0.3) is 0 Å². The molecule has 0 aromatic carbocycles. The van der Waals surface area contributed by atoms with Gasteiger partial charge in [-0.15, -0.1) is 0 Å². The predicted octanol–water partition coefficient (Wildman–Crippen LogP) is 0.875. The molecule has 0 aromatic rings. The molecule has 0 aromatic heterocycles. The molecule has 1 aliphatic rings. The topological polar surface area (TPSA) is 58.4 Å². The number of amides is 1. The fraction of sp³-hybridized carbons (Fsp3) is 0.909. The number of nitrogens with one attached hydrogen (secondary N) is 1. The Labute approximate surface area is 92.2 Å². The Morgan fingerprint density at radius 2 is 2.07 bits per heavy atom. The van der Waals surface area contributed by atoms with Crippen molar-refractivity contribution in [1.82, 2.24) is 10.3 Å². The molecule has 3 atom stereocenters. The van der Waals surface area contributed by atoms with E-state index in [1.54, 1.807) is 0 Å². The third-order valence-electron chi connectivity index (χ3n) is 3.72. The van der Waals surface area contributed by atoms with Crippen LogP contribution in [0.1, 0.15) is 39.5 Å². The summed E-state index contributed by atoms with van der Waals surface area (Å²) < 4.78 is 0. The SMILES string of the molecule is CC1CCCCC1N(C)C(C)C(=O)NN. The lowest BCUT2D eigenvalue weighted by Gasteiger charge is -2.38. The lowest BCUT2D eigenvalue weighted by molar-refractivity contribution is -0.126. The molecule has 0 heterocycles. The number of rotatable bonds is 3. The molecule has 3 N–H and O–H groups in total. The van der Waals surface area contributed by atoms with Crippen molar-refractivity contribution >= 4 is 5.91 Å². The summed E-state index contributed by atoms with van der Waals surface area (Å²) in [6, 6.07) is 0.381. The van der Waals surface area contributed by atoms with Crippen molar-refractivity contribution in [3.8, 4) is 0 Å². The fourth-order valence-electron chi connectivity index (χ4n) is 2.49. The normalized spacial score (nSPS) is 28.9. The lowest BCUT2D eigenvalue weighted by atomic mass is 9.84. The summed E-state index contributed by atoms with van der Waals surface area (Å²) in [4.78, 5) is 13.6. The zero-order valence-corrected chi connectivity index (χ0v) is 9.99. The van der Waals surface area contributed by atoms with Gasteiger partial charge in [-0.2, -0.15) is 0 Å². The third-order valence-corrected chi connectivity index (χ3v) is 3.72. The van der Waals surface area contributed by atoms with Gasteiger partial charge in [0.2, 0.25) is 0 Å². The van der Waals surface area contributed by atoms with Crippen molar-refractivity contribution in [1.29, 1.82) is 0 Å². The van der Waals surface area contributed by atoms with Crippen molar-refractivity contribution in [2.45, 2.75) is 51.6 Å². The van der Waals surface area contributed by atoms with Crippen LogP contribution in [-0.2, 0) is 4.79 Å². The number of hydrogen-bond donors (Lipinski definition) is 2. The van der Waals surface area contributed by atoms with Gasteiger partial charge in [0.05, 0.1) is 6.04 Å². The second-order valence-electron chi connectivity index (χ2n) is 4.68. The Balaban J connectivity index is 2.57. The average Bonchev–Trinajstić information content (AvgIpc) is 2.26. The molecule has 1 fully saturated rings. The number of hydrazine groups is 1. The summed E-state index contributed by atoms with van der Waals surface area (Å²) in [5.74, 6) is 5.72. The number of nitrogens with zero attached hydrogens (tertiary/aromatic N) is 1. The second kappa shape index (κ2) is 5.47. The van der Waals surface area contributed by atoms with Gasteiger partial charge < -0.3 is 0 Å². The minimum Gasteiger partial charge on any atom is -0.293 e. The first-order valence-electron chi connectivity index (χ1n) is 5.80. The van der Waals surface area contributed by atoms with Gasteiger partial charge in [-0.25, -0.2) is 5.84 Å². The first-order valence-corrected chi connectivity index (χ1v) is 5.80. The Kier molecular flexibility index (Phi) is 4.54. The molecule has 0 radical (unpaired) electrons. The lowest BCUT2D eigenvalue weighted by Crippen LogP contribution is -2.51. The molecular formula is C11H23N3O. The van der Waals surface area contributed by atoms with E-state index in [0.717, 1.165) is 0 Å². The highest BCUT2D eigenvalue weighted by Gasteiger charge is 2.29. The number of carbonyl (C=O) groups excluding carboxylic acids is 1. The molecule has 4 heteroatoms. The summed E-state index contributed by atoms with van der Waals surface area (Å²) in [6.45, 7) is 4.18. The van der Waals surface area contributed by atoms with Gasteiger partial charge in [-0.3, -0.25) is 15.1 Å². The van der Waals surface area contributed by atoms with Crippen LogP contribution in [0.2, 0.25) is 0 Å². The second-order valence-corrected chi connectivity index (χ2v) is 4.68.